The van der Waals surface area contributed by atoms with E-state index in [0.29, 0.717) is 17.5 Å². The molecule has 0 atom stereocenters. The third kappa shape index (κ3) is 2.47. The van der Waals surface area contributed by atoms with Crippen molar-refractivity contribution in [2.75, 3.05) is 6.54 Å². The van der Waals surface area contributed by atoms with Crippen LogP contribution in [0.4, 0.5) is 0 Å². The average molecular weight is 233 g/mol. The number of nitrogens with zero attached hydrogens (tertiary/aromatic N) is 4. The fraction of sp³-hybridized carbons (Fsp3) is 0.455. The molecule has 0 fully saturated rings. The fourth-order valence-corrected chi connectivity index (χ4v) is 1.50. The second-order valence-electron chi connectivity index (χ2n) is 4.15. The first-order valence-corrected chi connectivity index (χ1v) is 5.50. The van der Waals surface area contributed by atoms with Crippen molar-refractivity contribution in [2.45, 2.75) is 26.3 Å². The van der Waals surface area contributed by atoms with Crippen molar-refractivity contribution < 1.29 is 4.52 Å². The minimum atomic E-state index is -0.352. The zero-order valence-corrected chi connectivity index (χ0v) is 10.1. The predicted octanol–water partition coefficient (Wildman–Crippen LogP) is 1.37. The van der Waals surface area contributed by atoms with Crippen LogP contribution in [0.15, 0.2) is 23.0 Å². The third-order valence-corrected chi connectivity index (χ3v) is 2.35. The lowest BCUT2D eigenvalue weighted by Crippen LogP contribution is -2.36. The van der Waals surface area contributed by atoms with Gasteiger partial charge in [-0.3, -0.25) is 0 Å². The summed E-state index contributed by atoms with van der Waals surface area (Å²) in [6.45, 7) is 6.82. The molecule has 0 unspecified atom stereocenters. The molecule has 0 saturated carbocycles. The van der Waals surface area contributed by atoms with E-state index in [1.54, 1.807) is 18.5 Å². The van der Waals surface area contributed by atoms with Gasteiger partial charge in [0.25, 0.3) is 0 Å². The van der Waals surface area contributed by atoms with Crippen molar-refractivity contribution in [1.29, 1.82) is 0 Å². The van der Waals surface area contributed by atoms with Crippen LogP contribution in [-0.4, -0.2) is 26.7 Å². The van der Waals surface area contributed by atoms with Gasteiger partial charge in [-0.2, -0.15) is 4.98 Å². The summed E-state index contributed by atoms with van der Waals surface area (Å²) >= 11 is 0. The van der Waals surface area contributed by atoms with Gasteiger partial charge in [0, 0.05) is 12.4 Å². The van der Waals surface area contributed by atoms with E-state index in [2.05, 4.69) is 25.4 Å². The molecule has 90 valence electrons. The Morgan fingerprint density at radius 2 is 1.94 bits per heavy atom. The summed E-state index contributed by atoms with van der Waals surface area (Å²) in [7, 11) is 0. The van der Waals surface area contributed by atoms with Crippen molar-refractivity contribution in [2.24, 2.45) is 0 Å². The van der Waals surface area contributed by atoms with E-state index >= 15 is 0 Å². The first kappa shape index (κ1) is 11.7. The van der Waals surface area contributed by atoms with E-state index in [9.17, 15) is 0 Å². The van der Waals surface area contributed by atoms with Crippen molar-refractivity contribution in [3.8, 4) is 11.6 Å². The quantitative estimate of drug-likeness (QED) is 0.859. The normalized spacial score (nSPS) is 11.7. The second kappa shape index (κ2) is 4.58. The molecule has 0 saturated heterocycles. The van der Waals surface area contributed by atoms with Gasteiger partial charge in [0.05, 0.1) is 5.54 Å². The maximum Gasteiger partial charge on any atom is 0.246 e. The molecule has 0 amide bonds. The second-order valence-corrected chi connectivity index (χ2v) is 4.15. The summed E-state index contributed by atoms with van der Waals surface area (Å²) in [5, 5.41) is 7.15. The van der Waals surface area contributed by atoms with Gasteiger partial charge in [0.2, 0.25) is 17.5 Å². The van der Waals surface area contributed by atoms with Crippen LogP contribution in [-0.2, 0) is 5.54 Å². The van der Waals surface area contributed by atoms with Gasteiger partial charge in [-0.25, -0.2) is 9.97 Å². The van der Waals surface area contributed by atoms with Crippen LogP contribution in [0.2, 0.25) is 0 Å². The molecule has 0 aliphatic rings. The first-order valence-electron chi connectivity index (χ1n) is 5.50. The Morgan fingerprint density at radius 3 is 2.59 bits per heavy atom. The molecule has 0 aromatic carbocycles. The van der Waals surface area contributed by atoms with Crippen molar-refractivity contribution in [1.82, 2.24) is 25.4 Å². The van der Waals surface area contributed by atoms with E-state index < -0.39 is 0 Å². The molecule has 17 heavy (non-hydrogen) atoms. The predicted molar refractivity (Wildman–Crippen MR) is 62.0 cm³/mol. The lowest BCUT2D eigenvalue weighted by atomic mass is 10.1. The molecular formula is C11H15N5O. The maximum absolute atomic E-state index is 5.23. The van der Waals surface area contributed by atoms with E-state index in [1.807, 2.05) is 20.8 Å². The molecule has 0 bridgehead atoms. The van der Waals surface area contributed by atoms with Gasteiger partial charge in [-0.1, -0.05) is 12.1 Å². The van der Waals surface area contributed by atoms with Gasteiger partial charge in [0.15, 0.2) is 0 Å². The standard InChI is InChI=1S/C11H15N5O/c1-4-14-11(2,3)10-15-9(16-17-10)8-12-6-5-7-13-8/h5-7,14H,4H2,1-3H3. The van der Waals surface area contributed by atoms with Gasteiger partial charge >= 0.3 is 0 Å². The van der Waals surface area contributed by atoms with Crippen molar-refractivity contribution >= 4 is 0 Å². The minimum Gasteiger partial charge on any atom is -0.337 e. The van der Waals surface area contributed by atoms with E-state index in [4.69, 9.17) is 4.52 Å². The number of hydrogen-bond donors (Lipinski definition) is 1. The maximum atomic E-state index is 5.23. The summed E-state index contributed by atoms with van der Waals surface area (Å²) < 4.78 is 5.23. The number of hydrogen-bond acceptors (Lipinski definition) is 6. The van der Waals surface area contributed by atoms with Crippen LogP contribution in [0.1, 0.15) is 26.7 Å². The molecule has 6 nitrogen and oxygen atoms in total. The Morgan fingerprint density at radius 1 is 1.24 bits per heavy atom. The average Bonchev–Trinajstić information content (AvgIpc) is 2.80. The van der Waals surface area contributed by atoms with Crippen molar-refractivity contribution in [3.05, 3.63) is 24.4 Å². The molecule has 0 radical (unpaired) electrons. The summed E-state index contributed by atoms with van der Waals surface area (Å²) in [5.74, 6) is 1.41. The SMILES string of the molecule is CCNC(C)(C)c1nc(-c2ncccn2)no1. The fourth-order valence-electron chi connectivity index (χ4n) is 1.50. The van der Waals surface area contributed by atoms with Crippen LogP contribution < -0.4 is 5.32 Å². The number of rotatable bonds is 4. The topological polar surface area (TPSA) is 76.7 Å². The van der Waals surface area contributed by atoms with Gasteiger partial charge in [-0.15, -0.1) is 0 Å². The van der Waals surface area contributed by atoms with Crippen LogP contribution in [0.3, 0.4) is 0 Å². The highest BCUT2D eigenvalue weighted by Gasteiger charge is 2.27. The lowest BCUT2D eigenvalue weighted by molar-refractivity contribution is 0.272. The Bertz CT molecular complexity index is 480. The van der Waals surface area contributed by atoms with Crippen LogP contribution >= 0.6 is 0 Å². The van der Waals surface area contributed by atoms with E-state index in [-0.39, 0.29) is 5.54 Å². The van der Waals surface area contributed by atoms with Crippen molar-refractivity contribution in [3.63, 3.8) is 0 Å². The van der Waals surface area contributed by atoms with Crippen LogP contribution in [0.25, 0.3) is 11.6 Å². The highest BCUT2D eigenvalue weighted by atomic mass is 16.5. The van der Waals surface area contributed by atoms with E-state index in [1.165, 1.54) is 0 Å². The molecule has 2 aromatic heterocycles. The zero-order valence-electron chi connectivity index (χ0n) is 10.1. The minimum absolute atomic E-state index is 0.352. The molecular weight excluding hydrogens is 218 g/mol. The molecule has 1 N–H and O–H groups in total. The number of nitrogens with one attached hydrogen (secondary N) is 1. The Labute approximate surface area is 99.5 Å². The molecule has 2 heterocycles. The molecule has 2 rings (SSSR count). The summed E-state index contributed by atoms with van der Waals surface area (Å²) in [6.07, 6.45) is 3.29. The highest BCUT2D eigenvalue weighted by Crippen LogP contribution is 2.20. The highest BCUT2D eigenvalue weighted by molar-refractivity contribution is 5.40. The van der Waals surface area contributed by atoms with E-state index in [0.717, 1.165) is 6.54 Å². The molecule has 0 spiro atoms. The summed E-state index contributed by atoms with van der Waals surface area (Å²) in [6, 6.07) is 1.74. The smallest absolute Gasteiger partial charge is 0.246 e. The first-order chi connectivity index (χ1) is 8.13. The van der Waals surface area contributed by atoms with Crippen LogP contribution in [0, 0.1) is 0 Å². The van der Waals surface area contributed by atoms with Gasteiger partial charge in [0.1, 0.15) is 0 Å². The largest absolute Gasteiger partial charge is 0.337 e. The lowest BCUT2D eigenvalue weighted by Gasteiger charge is -2.20. The molecule has 2 aromatic rings. The van der Waals surface area contributed by atoms with Crippen LogP contribution in [0.5, 0.6) is 0 Å². The molecule has 0 aliphatic heterocycles. The third-order valence-electron chi connectivity index (χ3n) is 2.35. The monoisotopic (exact) mass is 233 g/mol. The number of aromatic nitrogens is 4. The Balaban J connectivity index is 2.28. The molecule has 6 heteroatoms. The summed E-state index contributed by atoms with van der Waals surface area (Å²) in [4.78, 5) is 12.5. The molecule has 0 aliphatic carbocycles. The Hall–Kier alpha value is -1.82. The van der Waals surface area contributed by atoms with Gasteiger partial charge < -0.3 is 9.84 Å². The summed E-state index contributed by atoms with van der Waals surface area (Å²) in [5.41, 5.74) is -0.352. The zero-order chi connectivity index (χ0) is 12.3. The van der Waals surface area contributed by atoms with Gasteiger partial charge in [-0.05, 0) is 26.5 Å². The Kier molecular flexibility index (Phi) is 3.14.